The van der Waals surface area contributed by atoms with Gasteiger partial charge in [0.05, 0.1) is 6.61 Å². The van der Waals surface area contributed by atoms with Crippen LogP contribution in [0.5, 0.6) is 0 Å². The highest BCUT2D eigenvalue weighted by molar-refractivity contribution is 5.94. The molecule has 0 saturated carbocycles. The first-order valence-electron chi connectivity index (χ1n) is 4.73. The van der Waals surface area contributed by atoms with Gasteiger partial charge in [0.15, 0.2) is 5.92 Å². The van der Waals surface area contributed by atoms with Crippen molar-refractivity contribution in [1.82, 2.24) is 0 Å². The number of terminal acetylenes is 1. The van der Waals surface area contributed by atoms with E-state index in [4.69, 9.17) is 11.5 Å². The van der Waals surface area contributed by atoms with Gasteiger partial charge in [0.1, 0.15) is 0 Å². The average molecular weight is 222 g/mol. The molecule has 0 aromatic rings. The van der Waals surface area contributed by atoms with Gasteiger partial charge in [0, 0.05) is 0 Å². The summed E-state index contributed by atoms with van der Waals surface area (Å²) in [6.45, 7) is 5.25. The molecule has 0 aliphatic rings. The van der Waals surface area contributed by atoms with Gasteiger partial charge in [0.25, 0.3) is 0 Å². The molecule has 0 radical (unpaired) electrons. The number of carbonyl (C=O) groups excluding carboxylic acids is 1. The first-order chi connectivity index (χ1) is 7.56. The number of hydrogen-bond donors (Lipinski definition) is 1. The molecule has 0 rings (SSSR count). The summed E-state index contributed by atoms with van der Waals surface area (Å²) >= 11 is 0. The van der Waals surface area contributed by atoms with Crippen LogP contribution in [0.1, 0.15) is 13.3 Å². The third kappa shape index (κ3) is 4.47. The van der Waals surface area contributed by atoms with Crippen molar-refractivity contribution in [2.24, 2.45) is 5.92 Å². The fraction of sp³-hybridized carbons (Fsp3) is 0.333. The van der Waals surface area contributed by atoms with E-state index in [1.807, 2.05) is 0 Å². The number of carbonyl (C=O) groups is 2. The molecule has 1 atom stereocenters. The van der Waals surface area contributed by atoms with Crippen molar-refractivity contribution in [3.05, 3.63) is 24.3 Å². The number of carboxylic acids is 1. The number of aliphatic carboxylic acids is 1. The van der Waals surface area contributed by atoms with E-state index < -0.39 is 17.9 Å². The summed E-state index contributed by atoms with van der Waals surface area (Å²) in [5.74, 6) is -0.980. The van der Waals surface area contributed by atoms with Crippen LogP contribution in [0.25, 0.3) is 0 Å². The molecule has 4 heteroatoms. The van der Waals surface area contributed by atoms with Crippen LogP contribution in [0.2, 0.25) is 0 Å². The van der Waals surface area contributed by atoms with Gasteiger partial charge in [-0.05, 0) is 25.0 Å². The molecule has 0 aliphatic carbocycles. The lowest BCUT2D eigenvalue weighted by Crippen LogP contribution is -2.26. The first kappa shape index (κ1) is 14.0. The highest BCUT2D eigenvalue weighted by Gasteiger charge is 2.27. The van der Waals surface area contributed by atoms with Gasteiger partial charge in [0.2, 0.25) is 0 Å². The lowest BCUT2D eigenvalue weighted by Gasteiger charge is -2.11. The zero-order valence-electron chi connectivity index (χ0n) is 9.10. The molecule has 0 aromatic carbocycles. The lowest BCUT2D eigenvalue weighted by atomic mass is 9.99. The first-order valence-corrected chi connectivity index (χ1v) is 4.73. The molecule has 1 N–H and O–H groups in total. The van der Waals surface area contributed by atoms with Gasteiger partial charge in [-0.2, -0.15) is 0 Å². The zero-order chi connectivity index (χ0) is 12.6. The number of ether oxygens (including phenoxy) is 1. The Hall–Kier alpha value is -2.02. The number of esters is 1. The second-order valence-corrected chi connectivity index (χ2v) is 2.94. The van der Waals surface area contributed by atoms with Crippen LogP contribution in [0, 0.1) is 18.3 Å². The van der Waals surface area contributed by atoms with Crippen molar-refractivity contribution >= 4 is 11.9 Å². The highest BCUT2D eigenvalue weighted by atomic mass is 16.5. The van der Waals surface area contributed by atoms with Crippen LogP contribution >= 0.6 is 0 Å². The quantitative estimate of drug-likeness (QED) is 0.319. The van der Waals surface area contributed by atoms with Gasteiger partial charge >= 0.3 is 11.9 Å². The second-order valence-electron chi connectivity index (χ2n) is 2.94. The Balaban J connectivity index is 4.76. The molecule has 0 saturated heterocycles. The fourth-order valence-corrected chi connectivity index (χ4v) is 1.06. The van der Waals surface area contributed by atoms with E-state index in [9.17, 15) is 9.59 Å². The molecule has 0 heterocycles. The van der Waals surface area contributed by atoms with Crippen LogP contribution in [0.3, 0.4) is 0 Å². The molecule has 0 amide bonds. The largest absolute Gasteiger partial charge is 0.481 e. The molecule has 86 valence electrons. The summed E-state index contributed by atoms with van der Waals surface area (Å²) in [7, 11) is 0. The lowest BCUT2D eigenvalue weighted by molar-refractivity contribution is -0.158. The Labute approximate surface area is 94.6 Å². The van der Waals surface area contributed by atoms with Crippen molar-refractivity contribution in [1.29, 1.82) is 0 Å². The zero-order valence-corrected chi connectivity index (χ0v) is 9.10. The predicted octanol–water partition coefficient (Wildman–Crippen LogP) is 1.39. The summed E-state index contributed by atoms with van der Waals surface area (Å²) in [5, 5.41) is 8.87. The summed E-state index contributed by atoms with van der Waals surface area (Å²) in [6.07, 6.45) is 7.84. The van der Waals surface area contributed by atoms with Crippen LogP contribution in [-0.4, -0.2) is 23.7 Å². The third-order valence-electron chi connectivity index (χ3n) is 1.84. The maximum atomic E-state index is 11.3. The number of carboxylic acid groups (broad SMARTS) is 1. The van der Waals surface area contributed by atoms with E-state index >= 15 is 0 Å². The van der Waals surface area contributed by atoms with E-state index in [-0.39, 0.29) is 13.0 Å². The summed E-state index contributed by atoms with van der Waals surface area (Å²) in [6, 6.07) is 0. The van der Waals surface area contributed by atoms with Crippen LogP contribution in [0.4, 0.5) is 0 Å². The molecular formula is C12H14O4. The molecular weight excluding hydrogens is 208 g/mol. The minimum absolute atomic E-state index is 0.0120. The van der Waals surface area contributed by atoms with Crippen molar-refractivity contribution in [3.63, 3.8) is 0 Å². The molecule has 1 unspecified atom stereocenters. The Morgan fingerprint density at radius 2 is 2.25 bits per heavy atom. The molecule has 0 aromatic heterocycles. The van der Waals surface area contributed by atoms with Crippen LogP contribution < -0.4 is 0 Å². The van der Waals surface area contributed by atoms with Gasteiger partial charge in [-0.1, -0.05) is 18.6 Å². The van der Waals surface area contributed by atoms with E-state index in [2.05, 4.69) is 17.2 Å². The topological polar surface area (TPSA) is 63.6 Å². The highest BCUT2D eigenvalue weighted by Crippen LogP contribution is 2.14. The number of rotatable bonds is 6. The van der Waals surface area contributed by atoms with Gasteiger partial charge < -0.3 is 9.84 Å². The van der Waals surface area contributed by atoms with Gasteiger partial charge in [-0.15, -0.1) is 6.42 Å². The van der Waals surface area contributed by atoms with Crippen molar-refractivity contribution < 1.29 is 19.4 Å². The summed E-state index contributed by atoms with van der Waals surface area (Å²) < 4.78 is 4.66. The minimum atomic E-state index is -1.24. The molecule has 4 nitrogen and oxygen atoms in total. The molecule has 0 fully saturated rings. The maximum Gasteiger partial charge on any atom is 0.320 e. The van der Waals surface area contributed by atoms with E-state index in [1.165, 1.54) is 12.2 Å². The monoisotopic (exact) mass is 222 g/mol. The van der Waals surface area contributed by atoms with Gasteiger partial charge in [-0.3, -0.25) is 9.59 Å². The maximum absolute atomic E-state index is 11.3. The average Bonchev–Trinajstić information content (AvgIpc) is 2.23. The third-order valence-corrected chi connectivity index (χ3v) is 1.84. The van der Waals surface area contributed by atoms with Crippen LogP contribution in [-0.2, 0) is 14.3 Å². The van der Waals surface area contributed by atoms with Crippen molar-refractivity contribution in [2.45, 2.75) is 13.3 Å². The SMILES string of the molecule is C#C/C=C(\C=C)CC(C(=O)O)C(=O)OCC. The minimum Gasteiger partial charge on any atom is -0.481 e. The van der Waals surface area contributed by atoms with Crippen LogP contribution in [0.15, 0.2) is 24.3 Å². The van der Waals surface area contributed by atoms with Crippen molar-refractivity contribution in [2.75, 3.05) is 6.61 Å². The standard InChI is InChI=1S/C12H14O4/c1-4-7-9(5-2)8-10(11(13)14)12(15)16-6-3/h1,5,7,10H,2,6,8H2,3H3,(H,13,14)/b9-7+. The normalized spacial score (nSPS) is 12.4. The smallest absolute Gasteiger partial charge is 0.320 e. The predicted molar refractivity (Wildman–Crippen MR) is 59.5 cm³/mol. The van der Waals surface area contributed by atoms with Crippen molar-refractivity contribution in [3.8, 4) is 12.3 Å². The number of hydrogen-bond acceptors (Lipinski definition) is 3. The second kappa shape index (κ2) is 7.30. The summed E-state index contributed by atoms with van der Waals surface area (Å²) in [5.41, 5.74) is 0.517. The van der Waals surface area contributed by atoms with E-state index in [0.717, 1.165) is 0 Å². The Morgan fingerprint density at radius 1 is 1.62 bits per heavy atom. The molecule has 0 aliphatic heterocycles. The summed E-state index contributed by atoms with van der Waals surface area (Å²) in [4.78, 5) is 22.2. The van der Waals surface area contributed by atoms with E-state index in [1.54, 1.807) is 6.92 Å². The molecule has 16 heavy (non-hydrogen) atoms. The Morgan fingerprint density at radius 3 is 2.62 bits per heavy atom. The fourth-order valence-electron chi connectivity index (χ4n) is 1.06. The molecule has 0 spiro atoms. The Kier molecular flexibility index (Phi) is 6.37. The van der Waals surface area contributed by atoms with E-state index in [0.29, 0.717) is 5.57 Å². The van der Waals surface area contributed by atoms with Gasteiger partial charge in [-0.25, -0.2) is 0 Å². The Bertz CT molecular complexity index is 347. The number of allylic oxidation sites excluding steroid dienone is 3. The molecule has 0 bridgehead atoms.